The van der Waals surface area contributed by atoms with Crippen LogP contribution in [0.1, 0.15) is 11.5 Å². The molecule has 0 aliphatic carbocycles. The molecule has 4 rings (SSSR count). The number of hydrogen-bond donors (Lipinski definition) is 3. The van der Waals surface area contributed by atoms with Gasteiger partial charge in [-0.25, -0.2) is 34.5 Å². The molecule has 1 saturated heterocycles. The first-order valence-corrected chi connectivity index (χ1v) is 11.0. The zero-order valence-electron chi connectivity index (χ0n) is 19.3. The number of hydrazine groups is 1. The summed E-state index contributed by atoms with van der Waals surface area (Å²) >= 11 is 0. The second-order valence-electron chi connectivity index (χ2n) is 7.32. The third-order valence-corrected chi connectivity index (χ3v) is 5.31. The minimum Gasteiger partial charge on any atom is -0.635 e. The van der Waals surface area contributed by atoms with Crippen LogP contribution in [0.5, 0.6) is 0 Å². The van der Waals surface area contributed by atoms with Crippen LogP contribution >= 0.6 is 8.17 Å². The maximum atomic E-state index is 14.8. The van der Waals surface area contributed by atoms with E-state index < -0.39 is 32.8 Å². The molecule has 2 aliphatic heterocycles. The van der Waals surface area contributed by atoms with E-state index in [4.69, 9.17) is 25.6 Å². The number of cyclic esters (lactones) is 1. The number of guanidine groups is 1. The number of carbonyl (C=O) groups is 1. The van der Waals surface area contributed by atoms with Gasteiger partial charge in [-0.2, -0.15) is 0 Å². The Kier molecular flexibility index (Phi) is 10.3. The quantitative estimate of drug-likeness (QED) is 0.0797. The molecule has 14 nitrogen and oxygen atoms in total. The van der Waals surface area contributed by atoms with Crippen molar-refractivity contribution in [3.63, 3.8) is 0 Å². The predicted molar refractivity (Wildman–Crippen MR) is 107 cm³/mol. The van der Waals surface area contributed by atoms with Gasteiger partial charge in [0, 0.05) is 7.05 Å². The van der Waals surface area contributed by atoms with E-state index in [1.165, 1.54) is 19.2 Å². The van der Waals surface area contributed by atoms with Crippen LogP contribution in [0.4, 0.5) is 14.9 Å². The second-order valence-corrected chi connectivity index (χ2v) is 8.52. The van der Waals surface area contributed by atoms with Crippen molar-refractivity contribution >= 4 is 25.9 Å². The Morgan fingerprint density at radius 2 is 2.14 bits per heavy atom. The topological polar surface area (TPSA) is 202 Å². The van der Waals surface area contributed by atoms with Crippen molar-refractivity contribution in [1.82, 2.24) is 15.0 Å². The molecule has 1 atom stereocenters. The van der Waals surface area contributed by atoms with Crippen LogP contribution in [0.3, 0.4) is 0 Å². The fraction of sp³-hybridized carbons (Fsp3) is 0.353. The molecule has 178 valence electrons. The number of hydrazone groups is 1. The van der Waals surface area contributed by atoms with Gasteiger partial charge in [-0.3, -0.25) is 4.90 Å². The Morgan fingerprint density at radius 1 is 1.43 bits per heavy atom. The zero-order chi connectivity index (χ0) is 23.9. The van der Waals surface area contributed by atoms with Gasteiger partial charge in [-0.05, 0) is 18.2 Å². The van der Waals surface area contributed by atoms with Crippen LogP contribution in [0, 0.1) is 5.82 Å². The fourth-order valence-corrected chi connectivity index (χ4v) is 3.74. The molecule has 0 radical (unpaired) electrons. The number of oxazole rings is 1. The van der Waals surface area contributed by atoms with Crippen LogP contribution < -0.4 is 85.4 Å². The molecule has 0 spiro atoms. The van der Waals surface area contributed by atoms with Gasteiger partial charge < -0.3 is 29.6 Å². The minimum atomic E-state index is -4.96. The standard InChI is InChI=1S/C17H21FN7O7P.2Na/c1-23(20)22-16(19)24-6-13-14(7-24)32-15(21-13)11-3-2-9(4-12(11)18)25-5-10(31-17(25)26)8-30-33(27,28)29;;/h2-4,10H,5-8,20H2,1H3,(H2,19,22)(H2,27,28,29);;/q;2*+1/p-1/t10-;;/m1../s1. The van der Waals surface area contributed by atoms with E-state index in [2.05, 4.69) is 14.6 Å². The van der Waals surface area contributed by atoms with Gasteiger partial charge in [0.1, 0.15) is 30.0 Å². The summed E-state index contributed by atoms with van der Waals surface area (Å²) in [6.07, 6.45) is -1.77. The van der Waals surface area contributed by atoms with E-state index in [0.29, 0.717) is 24.5 Å². The van der Waals surface area contributed by atoms with Gasteiger partial charge in [0.25, 0.3) is 0 Å². The van der Waals surface area contributed by atoms with Crippen LogP contribution in [0.25, 0.3) is 11.5 Å². The van der Waals surface area contributed by atoms with E-state index in [9.17, 15) is 19.0 Å². The van der Waals surface area contributed by atoms with Crippen molar-refractivity contribution in [3.8, 4) is 11.5 Å². The summed E-state index contributed by atoms with van der Waals surface area (Å²) in [6, 6.07) is 3.98. The number of fused-ring (bicyclic) bond motifs is 1. The summed E-state index contributed by atoms with van der Waals surface area (Å²) in [5.74, 6) is 5.52. The van der Waals surface area contributed by atoms with Gasteiger partial charge in [0.2, 0.25) is 11.9 Å². The summed E-state index contributed by atoms with van der Waals surface area (Å²) in [5, 5.41) is 4.98. The molecule has 0 saturated carbocycles. The third kappa shape index (κ3) is 7.25. The predicted octanol–water partition coefficient (Wildman–Crippen LogP) is -7.43. The molecule has 3 heterocycles. The molecule has 18 heteroatoms. The fourth-order valence-electron chi connectivity index (χ4n) is 3.38. The number of nitrogens with zero attached hydrogens (tertiary/aromatic N) is 5. The molecule has 1 aromatic heterocycles. The number of halogens is 1. The number of hydrogen-bond acceptors (Lipinski definition) is 11. The van der Waals surface area contributed by atoms with E-state index in [0.717, 1.165) is 16.1 Å². The first-order valence-electron chi connectivity index (χ1n) is 9.52. The molecular formula is C17H20FN7Na2O7P+. The summed E-state index contributed by atoms with van der Waals surface area (Å²) in [4.78, 5) is 49.3. The van der Waals surface area contributed by atoms with Gasteiger partial charge in [-0.1, -0.05) is 0 Å². The largest absolute Gasteiger partial charge is 1.00 e. The first kappa shape index (κ1) is 30.2. The molecule has 0 unspecified atom stereocenters. The number of amides is 1. The molecule has 5 N–H and O–H groups in total. The Labute approximate surface area is 243 Å². The van der Waals surface area contributed by atoms with Crippen molar-refractivity contribution in [2.75, 3.05) is 25.1 Å². The zero-order valence-corrected chi connectivity index (χ0v) is 24.1. The number of rotatable bonds is 6. The Bertz CT molecular complexity index is 1080. The summed E-state index contributed by atoms with van der Waals surface area (Å²) < 4.78 is 29.8. The Morgan fingerprint density at radius 3 is 2.74 bits per heavy atom. The van der Waals surface area contributed by atoms with Gasteiger partial charge in [0.05, 0.1) is 30.9 Å². The molecule has 1 fully saturated rings. The third-order valence-electron chi connectivity index (χ3n) is 4.83. The van der Waals surface area contributed by atoms with Crippen molar-refractivity contribution in [2.45, 2.75) is 19.2 Å². The van der Waals surface area contributed by atoms with Crippen LogP contribution in [-0.2, 0) is 22.4 Å². The van der Waals surface area contributed by atoms with Gasteiger partial charge in [0.15, 0.2) is 8.17 Å². The normalized spacial score (nSPS) is 17.6. The van der Waals surface area contributed by atoms with Crippen LogP contribution in [0.2, 0.25) is 0 Å². The maximum absolute atomic E-state index is 14.8. The maximum Gasteiger partial charge on any atom is 1.00 e. The van der Waals surface area contributed by atoms with Crippen molar-refractivity contribution in [1.29, 1.82) is 0 Å². The molecular weight excluding hydrogens is 510 g/mol. The number of nitrogens with two attached hydrogens (primary N) is 2. The SMILES string of the molecule is CN(N)/N=C(\N)N1Cc2nc(-c3ccc(N4C[C@H](CO[P+]([O-])([O-])O)OC4=O)cc3F)oc2C1.[Na+].[Na+]. The van der Waals surface area contributed by atoms with Crippen molar-refractivity contribution in [2.24, 2.45) is 16.7 Å². The Hall–Kier alpha value is -1.07. The van der Waals surface area contributed by atoms with E-state index in [1.54, 1.807) is 4.90 Å². The molecule has 1 aromatic carbocycles. The molecule has 1 amide bonds. The second kappa shape index (κ2) is 12.0. The average Bonchev–Trinajstić information content (AvgIpc) is 3.38. The summed E-state index contributed by atoms with van der Waals surface area (Å²) in [5.41, 5.74) is 6.71. The number of phosphoric ester groups is 1. The number of carbonyl (C=O) groups excluding carboxylic acids is 1. The first-order chi connectivity index (χ1) is 15.5. The van der Waals surface area contributed by atoms with Gasteiger partial charge in [-0.15, -0.1) is 5.10 Å². The minimum absolute atomic E-state index is 0. The van der Waals surface area contributed by atoms with E-state index >= 15 is 0 Å². The van der Waals surface area contributed by atoms with Crippen molar-refractivity contribution < 1.29 is 96.7 Å². The van der Waals surface area contributed by atoms with E-state index in [1.807, 2.05) is 0 Å². The van der Waals surface area contributed by atoms with Gasteiger partial charge >= 0.3 is 65.2 Å². The molecule has 2 aromatic rings. The average molecular weight is 530 g/mol. The van der Waals surface area contributed by atoms with E-state index in [-0.39, 0.29) is 88.8 Å². The number of benzene rings is 1. The summed E-state index contributed by atoms with van der Waals surface area (Å²) in [7, 11) is -3.43. The number of phosphoric acid groups is 1. The number of ether oxygens (including phenoxy) is 1. The summed E-state index contributed by atoms with van der Waals surface area (Å²) in [6.45, 7) is -0.0508. The molecule has 2 aliphatic rings. The smallest absolute Gasteiger partial charge is 0.635 e. The van der Waals surface area contributed by atoms with Crippen LogP contribution in [-0.4, -0.2) is 58.3 Å². The van der Waals surface area contributed by atoms with Crippen molar-refractivity contribution in [3.05, 3.63) is 35.5 Å². The monoisotopic (exact) mass is 530 g/mol. The number of anilines is 1. The molecule has 0 bridgehead atoms. The number of aromatic nitrogens is 1. The Balaban J connectivity index is 0.00000216. The molecule has 35 heavy (non-hydrogen) atoms. The van der Waals surface area contributed by atoms with Crippen LogP contribution in [0.15, 0.2) is 27.7 Å².